The molecule has 0 bridgehead atoms. The predicted octanol–water partition coefficient (Wildman–Crippen LogP) is 0.872. The molecule has 8 nitrogen and oxygen atoms in total. The van der Waals surface area contributed by atoms with Crippen LogP contribution in [0.2, 0.25) is 0 Å². The van der Waals surface area contributed by atoms with Crippen molar-refractivity contribution in [2.75, 3.05) is 14.2 Å². The number of rotatable bonds is 5. The second-order valence-corrected chi connectivity index (χ2v) is 3.73. The Kier molecular flexibility index (Phi) is 4.65. The Morgan fingerprint density at radius 3 is 2.63 bits per heavy atom. The van der Waals surface area contributed by atoms with Crippen molar-refractivity contribution in [1.82, 2.24) is 0 Å². The smallest absolute Gasteiger partial charge is 0.314 e. The van der Waals surface area contributed by atoms with E-state index in [1.807, 2.05) is 0 Å². The quantitative estimate of drug-likeness (QED) is 0.462. The molecule has 0 aliphatic heterocycles. The van der Waals surface area contributed by atoms with Crippen LogP contribution in [-0.2, 0) is 9.53 Å². The number of nitro benzene ring substituents is 1. The maximum atomic E-state index is 11.1. The molecule has 1 atom stereocenters. The van der Waals surface area contributed by atoms with Crippen LogP contribution >= 0.6 is 0 Å². The molecular weight excluding hydrogens is 256 g/mol. The fraction of sp³-hybridized carbons (Fsp3) is 0.364. The maximum absolute atomic E-state index is 11.1. The lowest BCUT2D eigenvalue weighted by Crippen LogP contribution is -2.16. The Morgan fingerprint density at radius 1 is 1.53 bits per heavy atom. The summed E-state index contributed by atoms with van der Waals surface area (Å²) in [5.41, 5.74) is 5.52. The molecule has 0 radical (unpaired) electrons. The summed E-state index contributed by atoms with van der Waals surface area (Å²) in [6.45, 7) is 0. The van der Waals surface area contributed by atoms with E-state index in [2.05, 4.69) is 4.74 Å². The second kappa shape index (κ2) is 6.01. The van der Waals surface area contributed by atoms with Crippen LogP contribution in [0, 0.1) is 10.1 Å². The molecule has 3 N–H and O–H groups in total. The lowest BCUT2D eigenvalue weighted by molar-refractivity contribution is -0.386. The first-order chi connectivity index (χ1) is 8.90. The molecule has 0 saturated heterocycles. The highest BCUT2D eigenvalue weighted by atomic mass is 16.6. The van der Waals surface area contributed by atoms with Crippen LogP contribution in [0.15, 0.2) is 12.1 Å². The number of esters is 1. The molecular formula is C11H14N2O6. The minimum absolute atomic E-state index is 0.0792. The Balaban J connectivity index is 3.18. The van der Waals surface area contributed by atoms with Gasteiger partial charge in [0.1, 0.15) is 0 Å². The van der Waals surface area contributed by atoms with Gasteiger partial charge in [-0.1, -0.05) is 0 Å². The summed E-state index contributed by atoms with van der Waals surface area (Å²) in [6.07, 6.45) is -0.137. The summed E-state index contributed by atoms with van der Waals surface area (Å²) in [5, 5.41) is 20.4. The number of benzene rings is 1. The van der Waals surface area contributed by atoms with E-state index in [1.54, 1.807) is 0 Å². The van der Waals surface area contributed by atoms with E-state index in [9.17, 15) is 20.0 Å². The van der Waals surface area contributed by atoms with Gasteiger partial charge in [-0.2, -0.15) is 0 Å². The van der Waals surface area contributed by atoms with Crippen molar-refractivity contribution in [3.05, 3.63) is 27.8 Å². The average Bonchev–Trinajstić information content (AvgIpc) is 2.38. The first-order valence-electron chi connectivity index (χ1n) is 5.28. The summed E-state index contributed by atoms with van der Waals surface area (Å²) < 4.78 is 9.30. The van der Waals surface area contributed by atoms with Crippen molar-refractivity contribution < 1.29 is 24.3 Å². The predicted molar refractivity (Wildman–Crippen MR) is 64.9 cm³/mol. The molecule has 19 heavy (non-hydrogen) atoms. The van der Waals surface area contributed by atoms with Crippen LogP contribution in [0.4, 0.5) is 5.69 Å². The molecule has 0 saturated carbocycles. The Labute approximate surface area is 108 Å². The molecule has 0 amide bonds. The third-order valence-corrected chi connectivity index (χ3v) is 2.54. The van der Waals surface area contributed by atoms with Crippen molar-refractivity contribution in [3.8, 4) is 11.5 Å². The Bertz CT molecular complexity index is 502. The number of phenolic OH excluding ortho intramolecular Hbond substituents is 1. The van der Waals surface area contributed by atoms with Gasteiger partial charge in [0.2, 0.25) is 5.75 Å². The number of carbonyl (C=O) groups is 1. The van der Waals surface area contributed by atoms with E-state index in [-0.39, 0.29) is 12.2 Å². The highest BCUT2D eigenvalue weighted by Crippen LogP contribution is 2.38. The van der Waals surface area contributed by atoms with E-state index >= 15 is 0 Å². The lowest BCUT2D eigenvalue weighted by atomic mass is 10.0. The zero-order valence-electron chi connectivity index (χ0n) is 10.5. The number of hydrogen-bond donors (Lipinski definition) is 2. The number of nitro groups is 1. The summed E-state index contributed by atoms with van der Waals surface area (Å²) in [6, 6.07) is 1.65. The number of methoxy groups -OCH3 is 2. The fourth-order valence-corrected chi connectivity index (χ4v) is 1.50. The van der Waals surface area contributed by atoms with Crippen LogP contribution in [0.3, 0.4) is 0 Å². The van der Waals surface area contributed by atoms with E-state index in [0.717, 1.165) is 6.07 Å². The molecule has 1 aromatic carbocycles. The third-order valence-electron chi connectivity index (χ3n) is 2.54. The molecule has 0 aliphatic rings. The van der Waals surface area contributed by atoms with Gasteiger partial charge in [0.15, 0.2) is 5.75 Å². The van der Waals surface area contributed by atoms with Crippen LogP contribution in [0.1, 0.15) is 18.0 Å². The number of nitrogens with two attached hydrogens (primary N) is 1. The number of aromatic hydroxyl groups is 1. The van der Waals surface area contributed by atoms with Gasteiger partial charge in [-0.25, -0.2) is 0 Å². The van der Waals surface area contributed by atoms with Crippen molar-refractivity contribution in [2.45, 2.75) is 12.5 Å². The lowest BCUT2D eigenvalue weighted by Gasteiger charge is -2.13. The molecule has 0 fully saturated rings. The zero-order valence-corrected chi connectivity index (χ0v) is 10.5. The number of hydrogen-bond acceptors (Lipinski definition) is 7. The van der Waals surface area contributed by atoms with Crippen molar-refractivity contribution in [1.29, 1.82) is 0 Å². The first kappa shape index (κ1) is 14.7. The van der Waals surface area contributed by atoms with Crippen molar-refractivity contribution >= 4 is 11.7 Å². The van der Waals surface area contributed by atoms with Gasteiger partial charge in [0, 0.05) is 12.1 Å². The molecule has 0 spiro atoms. The topological polar surface area (TPSA) is 125 Å². The standard InChI is InChI=1S/C11H14N2O6/c1-18-9-4-6(7(12)5-10(14)19-2)3-8(11(9)15)13(16)17/h3-4,7,15H,5,12H2,1-2H3/t7-/m1/s1. The molecule has 0 unspecified atom stereocenters. The van der Waals surface area contributed by atoms with Crippen LogP contribution in [0.25, 0.3) is 0 Å². The normalized spacial score (nSPS) is 11.7. The number of ether oxygens (including phenoxy) is 2. The van der Waals surface area contributed by atoms with Gasteiger partial charge in [-0.05, 0) is 11.6 Å². The number of phenols is 1. The van der Waals surface area contributed by atoms with Gasteiger partial charge >= 0.3 is 11.7 Å². The Hall–Kier alpha value is -2.35. The SMILES string of the molecule is COC(=O)C[C@@H](N)c1cc(OC)c(O)c([N+](=O)[O-])c1. The molecule has 104 valence electrons. The summed E-state index contributed by atoms with van der Waals surface area (Å²) >= 11 is 0. The highest BCUT2D eigenvalue weighted by molar-refractivity contribution is 5.70. The molecule has 1 rings (SSSR count). The van der Waals surface area contributed by atoms with Crippen molar-refractivity contribution in [3.63, 3.8) is 0 Å². The maximum Gasteiger partial charge on any atom is 0.314 e. The van der Waals surface area contributed by atoms with Gasteiger partial charge < -0.3 is 20.3 Å². The first-order valence-corrected chi connectivity index (χ1v) is 5.28. The molecule has 8 heteroatoms. The number of carbonyl (C=O) groups excluding carboxylic acids is 1. The second-order valence-electron chi connectivity index (χ2n) is 3.73. The van der Waals surface area contributed by atoms with E-state index < -0.39 is 28.4 Å². The fourth-order valence-electron chi connectivity index (χ4n) is 1.50. The van der Waals surface area contributed by atoms with E-state index in [0.29, 0.717) is 5.56 Å². The molecule has 0 aromatic heterocycles. The van der Waals surface area contributed by atoms with Crippen LogP contribution < -0.4 is 10.5 Å². The minimum atomic E-state index is -0.791. The molecule has 0 heterocycles. The summed E-state index contributed by atoms with van der Waals surface area (Å²) in [4.78, 5) is 21.2. The largest absolute Gasteiger partial charge is 0.500 e. The monoisotopic (exact) mass is 270 g/mol. The van der Waals surface area contributed by atoms with Crippen LogP contribution in [-0.4, -0.2) is 30.2 Å². The summed E-state index contributed by atoms with van der Waals surface area (Å²) in [7, 11) is 2.48. The van der Waals surface area contributed by atoms with Gasteiger partial charge in [0.05, 0.1) is 25.6 Å². The van der Waals surface area contributed by atoms with Gasteiger partial charge in [0.25, 0.3) is 0 Å². The van der Waals surface area contributed by atoms with E-state index in [4.69, 9.17) is 10.5 Å². The molecule has 1 aromatic rings. The highest BCUT2D eigenvalue weighted by Gasteiger charge is 2.23. The zero-order chi connectivity index (χ0) is 14.6. The van der Waals surface area contributed by atoms with E-state index in [1.165, 1.54) is 20.3 Å². The van der Waals surface area contributed by atoms with Gasteiger partial charge in [-0.15, -0.1) is 0 Å². The van der Waals surface area contributed by atoms with Gasteiger partial charge in [-0.3, -0.25) is 14.9 Å². The number of nitrogens with zero attached hydrogens (tertiary/aromatic N) is 1. The minimum Gasteiger partial charge on any atom is -0.500 e. The Morgan fingerprint density at radius 2 is 2.16 bits per heavy atom. The van der Waals surface area contributed by atoms with Crippen molar-refractivity contribution in [2.24, 2.45) is 5.73 Å². The molecule has 0 aliphatic carbocycles. The third kappa shape index (κ3) is 3.32. The van der Waals surface area contributed by atoms with Crippen LogP contribution in [0.5, 0.6) is 11.5 Å². The summed E-state index contributed by atoms with van der Waals surface area (Å²) in [5.74, 6) is -1.20. The average molecular weight is 270 g/mol.